The minimum absolute atomic E-state index is 0.244. The van der Waals surface area contributed by atoms with E-state index in [4.69, 9.17) is 5.11 Å². The number of hydrogen-bond acceptors (Lipinski definition) is 3. The third-order valence-electron chi connectivity index (χ3n) is 3.29. The van der Waals surface area contributed by atoms with Crippen LogP contribution in [-0.2, 0) is 0 Å². The maximum absolute atomic E-state index is 10.9. The molecule has 2 heterocycles. The highest BCUT2D eigenvalue weighted by Crippen LogP contribution is 2.33. The molecule has 0 unspecified atom stereocenters. The lowest BCUT2D eigenvalue weighted by Gasteiger charge is -2.32. The molecule has 1 aliphatic heterocycles. The van der Waals surface area contributed by atoms with Gasteiger partial charge in [-0.1, -0.05) is 32.4 Å². The zero-order chi connectivity index (χ0) is 13.3. The molecule has 0 spiro atoms. The molecule has 1 aromatic rings. The molecule has 0 fully saturated rings. The Bertz CT molecular complexity index is 482. The number of aromatic carboxylic acids is 1. The van der Waals surface area contributed by atoms with Crippen LogP contribution in [-0.4, -0.2) is 24.2 Å². The standard InChI is InChI=1S/C14H19NO2S/c1-14(2,3)10-6-8-15(9-7-10)12-5-4-11(18-12)13(16)17/h4-6H,7-9H2,1-3H3,(H,16,17). The molecule has 4 heteroatoms. The van der Waals surface area contributed by atoms with E-state index in [1.165, 1.54) is 16.9 Å². The first-order chi connectivity index (χ1) is 8.38. The van der Waals surface area contributed by atoms with Crippen LogP contribution in [0.3, 0.4) is 0 Å². The van der Waals surface area contributed by atoms with Crippen molar-refractivity contribution < 1.29 is 9.90 Å². The van der Waals surface area contributed by atoms with E-state index in [2.05, 4.69) is 31.7 Å². The van der Waals surface area contributed by atoms with Crippen molar-refractivity contribution in [2.45, 2.75) is 27.2 Å². The molecule has 18 heavy (non-hydrogen) atoms. The van der Waals surface area contributed by atoms with Gasteiger partial charge in [0.25, 0.3) is 0 Å². The molecule has 0 saturated heterocycles. The number of rotatable bonds is 2. The van der Waals surface area contributed by atoms with Crippen LogP contribution in [0, 0.1) is 5.41 Å². The Labute approximate surface area is 112 Å². The molecule has 0 saturated carbocycles. The molecule has 0 radical (unpaired) electrons. The molecule has 3 nitrogen and oxygen atoms in total. The second-order valence-corrected chi connectivity index (χ2v) is 6.68. The van der Waals surface area contributed by atoms with Crippen LogP contribution < -0.4 is 4.90 Å². The number of carbonyl (C=O) groups is 1. The highest BCUT2D eigenvalue weighted by molar-refractivity contribution is 7.17. The summed E-state index contributed by atoms with van der Waals surface area (Å²) in [5.41, 5.74) is 1.74. The molecule has 1 N–H and O–H groups in total. The molecule has 1 aromatic heterocycles. The van der Waals surface area contributed by atoms with E-state index in [0.29, 0.717) is 4.88 Å². The van der Waals surface area contributed by atoms with E-state index in [1.54, 1.807) is 6.07 Å². The Kier molecular flexibility index (Phi) is 3.48. The fourth-order valence-corrected chi connectivity index (χ4v) is 3.04. The lowest BCUT2D eigenvalue weighted by atomic mass is 9.83. The van der Waals surface area contributed by atoms with Crippen LogP contribution in [0.15, 0.2) is 23.8 Å². The van der Waals surface area contributed by atoms with Gasteiger partial charge in [0, 0.05) is 13.1 Å². The predicted octanol–water partition coefficient (Wildman–Crippen LogP) is 3.63. The Morgan fingerprint density at radius 1 is 1.39 bits per heavy atom. The van der Waals surface area contributed by atoms with Gasteiger partial charge in [0.1, 0.15) is 4.88 Å². The Morgan fingerprint density at radius 3 is 2.56 bits per heavy atom. The largest absolute Gasteiger partial charge is 0.477 e. The quantitative estimate of drug-likeness (QED) is 0.830. The van der Waals surface area contributed by atoms with Gasteiger partial charge in [0.05, 0.1) is 5.00 Å². The van der Waals surface area contributed by atoms with Crippen molar-refractivity contribution in [1.82, 2.24) is 0 Å². The molecular formula is C14H19NO2S. The maximum atomic E-state index is 10.9. The molecule has 0 aromatic carbocycles. The van der Waals surface area contributed by atoms with Gasteiger partial charge in [-0.3, -0.25) is 0 Å². The molecule has 0 bridgehead atoms. The summed E-state index contributed by atoms with van der Waals surface area (Å²) in [6.07, 6.45) is 3.34. The zero-order valence-electron chi connectivity index (χ0n) is 11.1. The minimum Gasteiger partial charge on any atom is -0.477 e. The predicted molar refractivity (Wildman–Crippen MR) is 75.6 cm³/mol. The molecule has 98 valence electrons. The first kappa shape index (κ1) is 13.1. The van der Waals surface area contributed by atoms with E-state index < -0.39 is 5.97 Å². The molecule has 2 rings (SSSR count). The van der Waals surface area contributed by atoms with E-state index in [0.717, 1.165) is 24.5 Å². The number of thiophene rings is 1. The van der Waals surface area contributed by atoms with Gasteiger partial charge < -0.3 is 10.0 Å². The molecule has 0 aliphatic carbocycles. The van der Waals surface area contributed by atoms with Crippen molar-refractivity contribution in [3.05, 3.63) is 28.7 Å². The molecule has 1 aliphatic rings. The van der Waals surface area contributed by atoms with Crippen LogP contribution in [0.5, 0.6) is 0 Å². The van der Waals surface area contributed by atoms with E-state index in [1.807, 2.05) is 6.07 Å². The van der Waals surface area contributed by atoms with Gasteiger partial charge in [0.2, 0.25) is 0 Å². The number of carboxylic acid groups (broad SMARTS) is 1. The van der Waals surface area contributed by atoms with E-state index >= 15 is 0 Å². The Morgan fingerprint density at radius 2 is 2.11 bits per heavy atom. The second kappa shape index (κ2) is 4.76. The molecule has 0 amide bonds. The highest BCUT2D eigenvalue weighted by atomic mass is 32.1. The van der Waals surface area contributed by atoms with Crippen molar-refractivity contribution >= 4 is 22.3 Å². The van der Waals surface area contributed by atoms with Crippen LogP contribution in [0.4, 0.5) is 5.00 Å². The van der Waals surface area contributed by atoms with Crippen LogP contribution in [0.25, 0.3) is 0 Å². The summed E-state index contributed by atoms with van der Waals surface area (Å²) in [6.45, 7) is 8.57. The van der Waals surface area contributed by atoms with Gasteiger partial charge in [0.15, 0.2) is 0 Å². The van der Waals surface area contributed by atoms with E-state index in [9.17, 15) is 4.79 Å². The Hall–Kier alpha value is -1.29. The average molecular weight is 265 g/mol. The fraction of sp³-hybridized carbons (Fsp3) is 0.500. The van der Waals surface area contributed by atoms with Gasteiger partial charge in [-0.15, -0.1) is 11.3 Å². The van der Waals surface area contributed by atoms with Crippen molar-refractivity contribution in [1.29, 1.82) is 0 Å². The summed E-state index contributed by atoms with van der Waals surface area (Å²) in [4.78, 5) is 13.5. The first-order valence-electron chi connectivity index (χ1n) is 6.15. The monoisotopic (exact) mass is 265 g/mol. The van der Waals surface area contributed by atoms with Crippen molar-refractivity contribution in [3.8, 4) is 0 Å². The lowest BCUT2D eigenvalue weighted by Crippen LogP contribution is -2.30. The number of anilines is 1. The summed E-state index contributed by atoms with van der Waals surface area (Å²) in [6, 6.07) is 3.59. The van der Waals surface area contributed by atoms with E-state index in [-0.39, 0.29) is 5.41 Å². The second-order valence-electron chi connectivity index (χ2n) is 5.62. The zero-order valence-corrected chi connectivity index (χ0v) is 11.9. The van der Waals surface area contributed by atoms with Crippen LogP contribution in [0.2, 0.25) is 0 Å². The normalized spacial score (nSPS) is 16.6. The maximum Gasteiger partial charge on any atom is 0.345 e. The van der Waals surface area contributed by atoms with Gasteiger partial charge >= 0.3 is 5.97 Å². The van der Waals surface area contributed by atoms with Crippen LogP contribution in [0.1, 0.15) is 36.9 Å². The summed E-state index contributed by atoms with van der Waals surface area (Å²) >= 11 is 1.35. The fourth-order valence-electron chi connectivity index (χ4n) is 2.16. The summed E-state index contributed by atoms with van der Waals surface area (Å²) in [7, 11) is 0. The average Bonchev–Trinajstić information content (AvgIpc) is 2.77. The highest BCUT2D eigenvalue weighted by Gasteiger charge is 2.22. The first-order valence-corrected chi connectivity index (χ1v) is 6.97. The molecule has 0 atom stereocenters. The summed E-state index contributed by atoms with van der Waals surface area (Å²) < 4.78 is 0. The topological polar surface area (TPSA) is 40.5 Å². The summed E-state index contributed by atoms with van der Waals surface area (Å²) in [5, 5.41) is 9.98. The van der Waals surface area contributed by atoms with Crippen molar-refractivity contribution in [2.24, 2.45) is 5.41 Å². The van der Waals surface area contributed by atoms with Crippen LogP contribution >= 0.6 is 11.3 Å². The lowest BCUT2D eigenvalue weighted by molar-refractivity contribution is 0.0702. The van der Waals surface area contributed by atoms with Gasteiger partial charge in [-0.2, -0.15) is 0 Å². The Balaban J connectivity index is 2.09. The number of nitrogens with zero attached hydrogens (tertiary/aromatic N) is 1. The van der Waals surface area contributed by atoms with Gasteiger partial charge in [-0.25, -0.2) is 4.79 Å². The number of carboxylic acids is 1. The van der Waals surface area contributed by atoms with Gasteiger partial charge in [-0.05, 0) is 24.0 Å². The van der Waals surface area contributed by atoms with Crippen molar-refractivity contribution in [2.75, 3.05) is 18.0 Å². The summed E-state index contributed by atoms with van der Waals surface area (Å²) in [5.74, 6) is -0.839. The van der Waals surface area contributed by atoms with Crippen molar-refractivity contribution in [3.63, 3.8) is 0 Å². The molecular weight excluding hydrogens is 246 g/mol. The third-order valence-corrected chi connectivity index (χ3v) is 4.42. The number of hydrogen-bond donors (Lipinski definition) is 1. The minimum atomic E-state index is -0.839. The SMILES string of the molecule is CC(C)(C)C1=CCN(c2ccc(C(=O)O)s2)CC1. The third kappa shape index (κ3) is 2.75. The smallest absolute Gasteiger partial charge is 0.345 e.